The number of carbonyl (C=O) groups excluding carboxylic acids is 1. The van der Waals surface area contributed by atoms with Crippen molar-refractivity contribution in [1.82, 2.24) is 14.5 Å². The Bertz CT molecular complexity index is 1230. The van der Waals surface area contributed by atoms with Crippen LogP contribution in [0.3, 0.4) is 0 Å². The number of aryl methyl sites for hydroxylation is 1. The molecular weight excluding hydrogens is 384 g/mol. The second kappa shape index (κ2) is 7.82. The van der Waals surface area contributed by atoms with Crippen molar-refractivity contribution in [1.29, 1.82) is 0 Å². The number of carbonyl (C=O) groups is 1. The molecule has 4 aromatic rings. The lowest BCUT2D eigenvalue weighted by Gasteiger charge is -2.18. The van der Waals surface area contributed by atoms with Crippen LogP contribution in [-0.2, 0) is 13.0 Å². The minimum atomic E-state index is -0.495. The topological polar surface area (TPSA) is 94.4 Å². The summed E-state index contributed by atoms with van der Waals surface area (Å²) in [5, 5.41) is 12.6. The SMILES string of the molecule is CCc1oc2ccccc2c1CN(C)C(=O)c1ccc(-n2ccnc2)c([N+](=O)[O-])c1. The maximum absolute atomic E-state index is 13.0. The lowest BCUT2D eigenvalue weighted by molar-refractivity contribution is -0.384. The Morgan fingerprint density at radius 1 is 1.27 bits per heavy atom. The van der Waals surface area contributed by atoms with Crippen molar-refractivity contribution in [3.05, 3.63) is 88.2 Å². The number of amides is 1. The van der Waals surface area contributed by atoms with Crippen LogP contribution in [0.2, 0.25) is 0 Å². The molecule has 2 heterocycles. The summed E-state index contributed by atoms with van der Waals surface area (Å²) < 4.78 is 7.45. The molecule has 2 aromatic carbocycles. The van der Waals surface area contributed by atoms with E-state index >= 15 is 0 Å². The highest BCUT2D eigenvalue weighted by molar-refractivity contribution is 5.95. The van der Waals surface area contributed by atoms with E-state index in [1.165, 1.54) is 18.6 Å². The van der Waals surface area contributed by atoms with Gasteiger partial charge in [0.25, 0.3) is 11.6 Å². The fourth-order valence-electron chi connectivity index (χ4n) is 3.56. The van der Waals surface area contributed by atoms with Crippen molar-refractivity contribution in [2.24, 2.45) is 0 Å². The van der Waals surface area contributed by atoms with E-state index in [0.29, 0.717) is 18.7 Å². The summed E-state index contributed by atoms with van der Waals surface area (Å²) >= 11 is 0. The summed E-state index contributed by atoms with van der Waals surface area (Å²) in [5.41, 5.74) is 2.18. The molecule has 4 rings (SSSR count). The standard InChI is InChI=1S/C22H20N4O4/c1-3-20-17(16-6-4-5-7-21(16)30-20)13-24(2)22(27)15-8-9-18(19(12-15)26(28)29)25-11-10-23-14-25/h4-12,14H,3,13H2,1-2H3. The van der Waals surface area contributed by atoms with Gasteiger partial charge in [-0.3, -0.25) is 14.9 Å². The highest BCUT2D eigenvalue weighted by atomic mass is 16.6. The van der Waals surface area contributed by atoms with Crippen molar-refractivity contribution in [2.45, 2.75) is 19.9 Å². The van der Waals surface area contributed by atoms with Gasteiger partial charge in [0.05, 0.1) is 11.3 Å². The van der Waals surface area contributed by atoms with Gasteiger partial charge in [-0.1, -0.05) is 25.1 Å². The van der Waals surface area contributed by atoms with E-state index in [9.17, 15) is 14.9 Å². The summed E-state index contributed by atoms with van der Waals surface area (Å²) in [6.07, 6.45) is 5.34. The molecule has 0 atom stereocenters. The number of furan rings is 1. The summed E-state index contributed by atoms with van der Waals surface area (Å²) in [5.74, 6) is 0.528. The minimum absolute atomic E-state index is 0.157. The van der Waals surface area contributed by atoms with E-state index in [0.717, 1.165) is 22.3 Å². The molecule has 0 saturated carbocycles. The fraction of sp³-hybridized carbons (Fsp3) is 0.182. The monoisotopic (exact) mass is 404 g/mol. The van der Waals surface area contributed by atoms with Gasteiger partial charge in [0.15, 0.2) is 0 Å². The molecule has 0 fully saturated rings. The van der Waals surface area contributed by atoms with Crippen LogP contribution in [-0.4, -0.2) is 32.3 Å². The van der Waals surface area contributed by atoms with Crippen molar-refractivity contribution in [3.63, 3.8) is 0 Å². The van der Waals surface area contributed by atoms with E-state index in [4.69, 9.17) is 4.42 Å². The molecule has 2 aromatic heterocycles. The third-order valence-electron chi connectivity index (χ3n) is 5.05. The lowest BCUT2D eigenvalue weighted by atomic mass is 10.1. The van der Waals surface area contributed by atoms with Crippen LogP contribution >= 0.6 is 0 Å². The highest BCUT2D eigenvalue weighted by Gasteiger charge is 2.22. The molecule has 0 spiro atoms. The Morgan fingerprint density at radius 2 is 2.07 bits per heavy atom. The average Bonchev–Trinajstić information content (AvgIpc) is 3.41. The average molecular weight is 404 g/mol. The molecule has 0 unspecified atom stereocenters. The maximum atomic E-state index is 13.0. The Labute approximate surface area is 172 Å². The van der Waals surface area contributed by atoms with Gasteiger partial charge in [-0.2, -0.15) is 0 Å². The Morgan fingerprint density at radius 3 is 2.77 bits per heavy atom. The number of rotatable bonds is 6. The molecule has 1 amide bonds. The lowest BCUT2D eigenvalue weighted by Crippen LogP contribution is -2.26. The van der Waals surface area contributed by atoms with Crippen LogP contribution in [0.5, 0.6) is 0 Å². The van der Waals surface area contributed by atoms with Crippen molar-refractivity contribution < 1.29 is 14.1 Å². The molecule has 8 heteroatoms. The van der Waals surface area contributed by atoms with E-state index < -0.39 is 4.92 Å². The third-order valence-corrected chi connectivity index (χ3v) is 5.05. The molecule has 0 saturated heterocycles. The normalized spacial score (nSPS) is 11.0. The first-order valence-corrected chi connectivity index (χ1v) is 9.51. The number of imidazole rings is 1. The summed E-state index contributed by atoms with van der Waals surface area (Å²) in [6.45, 7) is 2.34. The third kappa shape index (κ3) is 3.43. The number of para-hydroxylation sites is 1. The molecule has 0 N–H and O–H groups in total. The van der Waals surface area contributed by atoms with Crippen molar-refractivity contribution in [3.8, 4) is 5.69 Å². The van der Waals surface area contributed by atoms with E-state index in [-0.39, 0.29) is 17.2 Å². The van der Waals surface area contributed by atoms with Crippen LogP contribution in [0.15, 0.2) is 65.6 Å². The number of nitrogens with zero attached hydrogens (tertiary/aromatic N) is 4. The van der Waals surface area contributed by atoms with Gasteiger partial charge in [-0.05, 0) is 18.2 Å². The van der Waals surface area contributed by atoms with E-state index in [1.54, 1.807) is 34.8 Å². The van der Waals surface area contributed by atoms with Crippen LogP contribution in [0.4, 0.5) is 5.69 Å². The van der Waals surface area contributed by atoms with Crippen molar-refractivity contribution >= 4 is 22.6 Å². The predicted octanol–water partition coefficient (Wildman–Crippen LogP) is 4.36. The quantitative estimate of drug-likeness (QED) is 0.351. The zero-order valence-electron chi connectivity index (χ0n) is 16.6. The zero-order valence-corrected chi connectivity index (χ0v) is 16.6. The Hall–Kier alpha value is -3.94. The Kier molecular flexibility index (Phi) is 5.05. The molecular formula is C22H20N4O4. The summed E-state index contributed by atoms with van der Waals surface area (Å²) in [6, 6.07) is 12.2. The number of benzene rings is 2. The molecule has 0 radical (unpaired) electrons. The summed E-state index contributed by atoms with van der Waals surface area (Å²) in [7, 11) is 1.68. The molecule has 0 bridgehead atoms. The van der Waals surface area contributed by atoms with Gasteiger partial charge in [0.2, 0.25) is 0 Å². The number of hydrogen-bond donors (Lipinski definition) is 0. The molecule has 0 aliphatic rings. The van der Waals surface area contributed by atoms with Crippen LogP contribution in [0.25, 0.3) is 16.7 Å². The molecule has 30 heavy (non-hydrogen) atoms. The summed E-state index contributed by atoms with van der Waals surface area (Å²) in [4.78, 5) is 29.6. The first kappa shape index (κ1) is 19.4. The number of hydrogen-bond acceptors (Lipinski definition) is 5. The van der Waals surface area contributed by atoms with Crippen LogP contribution in [0.1, 0.15) is 28.6 Å². The van der Waals surface area contributed by atoms with Gasteiger partial charge in [0.1, 0.15) is 17.0 Å². The fourth-order valence-corrected chi connectivity index (χ4v) is 3.56. The largest absolute Gasteiger partial charge is 0.461 e. The van der Waals surface area contributed by atoms with Crippen LogP contribution in [0, 0.1) is 10.1 Å². The zero-order chi connectivity index (χ0) is 21.3. The smallest absolute Gasteiger partial charge is 0.294 e. The van der Waals surface area contributed by atoms with E-state index in [2.05, 4.69) is 4.98 Å². The molecule has 0 aliphatic heterocycles. The van der Waals surface area contributed by atoms with E-state index in [1.807, 2.05) is 31.2 Å². The van der Waals surface area contributed by atoms with Crippen molar-refractivity contribution in [2.75, 3.05) is 7.05 Å². The van der Waals surface area contributed by atoms with Gasteiger partial charge < -0.3 is 13.9 Å². The molecule has 8 nitrogen and oxygen atoms in total. The first-order valence-electron chi connectivity index (χ1n) is 9.51. The number of fused-ring (bicyclic) bond motifs is 1. The van der Waals surface area contributed by atoms with Crippen LogP contribution < -0.4 is 0 Å². The number of aromatic nitrogens is 2. The predicted molar refractivity (Wildman–Crippen MR) is 112 cm³/mol. The highest BCUT2D eigenvalue weighted by Crippen LogP contribution is 2.29. The Balaban J connectivity index is 1.65. The number of nitro groups is 1. The van der Waals surface area contributed by atoms with Gasteiger partial charge in [-0.25, -0.2) is 4.98 Å². The first-order chi connectivity index (χ1) is 14.5. The molecule has 152 valence electrons. The molecule has 0 aliphatic carbocycles. The second-order valence-corrected chi connectivity index (χ2v) is 6.95. The minimum Gasteiger partial charge on any atom is -0.461 e. The van der Waals surface area contributed by atoms with Gasteiger partial charge >= 0.3 is 0 Å². The maximum Gasteiger partial charge on any atom is 0.294 e. The second-order valence-electron chi connectivity index (χ2n) is 6.95. The number of nitro benzene ring substituents is 1. The van der Waals surface area contributed by atoms with Gasteiger partial charge in [0, 0.05) is 55.0 Å². The van der Waals surface area contributed by atoms with Gasteiger partial charge in [-0.15, -0.1) is 0 Å².